The van der Waals surface area contributed by atoms with Gasteiger partial charge in [0.1, 0.15) is 29.8 Å². The number of hydrogen-bond donors (Lipinski definition) is 0. The highest BCUT2D eigenvalue weighted by Gasteiger charge is 2.10. The van der Waals surface area contributed by atoms with Gasteiger partial charge in [-0.25, -0.2) is 14.0 Å². The van der Waals surface area contributed by atoms with E-state index in [-0.39, 0.29) is 11.3 Å². The van der Waals surface area contributed by atoms with Crippen LogP contribution in [0.5, 0.6) is 11.5 Å². The highest BCUT2D eigenvalue weighted by molar-refractivity contribution is 5.88. The first-order chi connectivity index (χ1) is 12.9. The van der Waals surface area contributed by atoms with E-state index in [1.807, 2.05) is 0 Å². The summed E-state index contributed by atoms with van der Waals surface area (Å²) in [6.07, 6.45) is 3.31. The molecule has 0 aromatic heterocycles. The van der Waals surface area contributed by atoms with E-state index >= 15 is 0 Å². The quantitative estimate of drug-likeness (QED) is 0.310. The number of carbonyl (C=O) groups excluding carboxylic acids is 2. The molecule has 2 aromatic rings. The zero-order valence-electron chi connectivity index (χ0n) is 14.6. The van der Waals surface area contributed by atoms with Gasteiger partial charge in [-0.3, -0.25) is 0 Å². The Kier molecular flexibility index (Phi) is 6.66. The Balaban J connectivity index is 2.06. The van der Waals surface area contributed by atoms with Crippen molar-refractivity contribution in [1.82, 2.24) is 0 Å². The SMILES string of the molecule is C=CC(=O)O/C=C\Oc1ccc(-c2ccc(OC(=O)C(=C)C)cc2F)cc1. The van der Waals surface area contributed by atoms with E-state index in [1.54, 1.807) is 24.3 Å². The molecule has 0 spiro atoms. The number of hydrogen-bond acceptors (Lipinski definition) is 5. The highest BCUT2D eigenvalue weighted by Crippen LogP contribution is 2.28. The molecule has 2 aromatic carbocycles. The first-order valence-corrected chi connectivity index (χ1v) is 7.83. The standard InChI is InChI=1S/C21H17FO5/c1-4-20(23)26-12-11-25-16-7-5-15(6-8-16)18-10-9-17(13-19(18)22)27-21(24)14(2)3/h4-13H,1-2H2,3H3/b12-11-. The molecule has 0 saturated heterocycles. The molecule has 0 radical (unpaired) electrons. The summed E-state index contributed by atoms with van der Waals surface area (Å²) in [6, 6.07) is 10.7. The minimum Gasteiger partial charge on any atom is -0.462 e. The van der Waals surface area contributed by atoms with Crippen LogP contribution in [0.15, 0.2) is 79.8 Å². The van der Waals surface area contributed by atoms with Crippen molar-refractivity contribution in [3.63, 3.8) is 0 Å². The van der Waals surface area contributed by atoms with E-state index < -0.39 is 17.8 Å². The molecule has 0 aliphatic carbocycles. The minimum absolute atomic E-state index is 0.100. The van der Waals surface area contributed by atoms with Gasteiger partial charge in [0.15, 0.2) is 0 Å². The highest BCUT2D eigenvalue weighted by atomic mass is 19.1. The summed E-state index contributed by atoms with van der Waals surface area (Å²) in [7, 11) is 0. The second-order valence-electron chi connectivity index (χ2n) is 5.37. The average molecular weight is 368 g/mol. The summed E-state index contributed by atoms with van der Waals surface area (Å²) in [4.78, 5) is 22.3. The third-order valence-corrected chi connectivity index (χ3v) is 3.28. The van der Waals surface area contributed by atoms with Crippen LogP contribution in [0.25, 0.3) is 11.1 Å². The lowest BCUT2D eigenvalue weighted by Crippen LogP contribution is -2.08. The van der Waals surface area contributed by atoms with E-state index in [2.05, 4.69) is 17.9 Å². The topological polar surface area (TPSA) is 61.8 Å². The molecule has 0 atom stereocenters. The van der Waals surface area contributed by atoms with Gasteiger partial charge in [-0.05, 0) is 36.8 Å². The summed E-state index contributed by atoms with van der Waals surface area (Å²) in [5.41, 5.74) is 1.18. The third-order valence-electron chi connectivity index (χ3n) is 3.28. The lowest BCUT2D eigenvalue weighted by molar-refractivity contribution is -0.132. The molecule has 27 heavy (non-hydrogen) atoms. The molecular formula is C21H17FO5. The number of rotatable bonds is 7. The lowest BCUT2D eigenvalue weighted by Gasteiger charge is -2.08. The van der Waals surface area contributed by atoms with Gasteiger partial charge in [-0.15, -0.1) is 0 Å². The predicted molar refractivity (Wildman–Crippen MR) is 98.3 cm³/mol. The fourth-order valence-corrected chi connectivity index (χ4v) is 1.95. The zero-order chi connectivity index (χ0) is 19.8. The van der Waals surface area contributed by atoms with Crippen molar-refractivity contribution in [3.8, 4) is 22.6 Å². The molecule has 0 heterocycles. The molecule has 0 amide bonds. The van der Waals surface area contributed by atoms with E-state index in [0.29, 0.717) is 16.9 Å². The van der Waals surface area contributed by atoms with Crippen LogP contribution in [0.2, 0.25) is 0 Å². The summed E-state index contributed by atoms with van der Waals surface area (Å²) >= 11 is 0. The molecule has 0 aliphatic rings. The second kappa shape index (κ2) is 9.15. The van der Waals surface area contributed by atoms with E-state index in [1.165, 1.54) is 25.3 Å². The number of ether oxygens (including phenoxy) is 3. The maximum absolute atomic E-state index is 14.3. The summed E-state index contributed by atoms with van der Waals surface area (Å²) < 4.78 is 29.2. The molecule has 6 heteroatoms. The molecule has 0 bridgehead atoms. The molecule has 5 nitrogen and oxygen atoms in total. The van der Waals surface area contributed by atoms with Crippen molar-refractivity contribution in [2.45, 2.75) is 6.92 Å². The van der Waals surface area contributed by atoms with Crippen molar-refractivity contribution < 1.29 is 28.2 Å². The van der Waals surface area contributed by atoms with Gasteiger partial charge in [-0.2, -0.15) is 0 Å². The molecule has 0 fully saturated rings. The minimum atomic E-state index is -0.615. The fourth-order valence-electron chi connectivity index (χ4n) is 1.95. The van der Waals surface area contributed by atoms with E-state index in [4.69, 9.17) is 9.47 Å². The normalized spacial score (nSPS) is 10.3. The van der Waals surface area contributed by atoms with Gasteiger partial charge in [0.2, 0.25) is 0 Å². The van der Waals surface area contributed by atoms with E-state index in [9.17, 15) is 14.0 Å². The smallest absolute Gasteiger partial charge is 0.338 e. The number of benzene rings is 2. The average Bonchev–Trinajstić information content (AvgIpc) is 2.65. The Morgan fingerprint density at radius 2 is 1.70 bits per heavy atom. The Labute approximate surface area is 156 Å². The van der Waals surface area contributed by atoms with Crippen molar-refractivity contribution >= 4 is 11.9 Å². The summed E-state index contributed by atoms with van der Waals surface area (Å²) in [6.45, 7) is 8.24. The van der Waals surface area contributed by atoms with Crippen molar-refractivity contribution in [1.29, 1.82) is 0 Å². The molecule has 2 rings (SSSR count). The third kappa shape index (κ3) is 5.67. The van der Waals surface area contributed by atoms with Crippen molar-refractivity contribution in [2.75, 3.05) is 0 Å². The second-order valence-corrected chi connectivity index (χ2v) is 5.37. The maximum atomic E-state index is 14.3. The summed E-state index contributed by atoms with van der Waals surface area (Å²) in [5, 5.41) is 0. The van der Waals surface area contributed by atoms with Gasteiger partial charge in [0.25, 0.3) is 0 Å². The number of esters is 2. The maximum Gasteiger partial charge on any atom is 0.338 e. The van der Waals surface area contributed by atoms with Crippen LogP contribution in [-0.2, 0) is 14.3 Å². The molecule has 0 unspecified atom stereocenters. The monoisotopic (exact) mass is 368 g/mol. The Morgan fingerprint density at radius 3 is 2.30 bits per heavy atom. The number of carbonyl (C=O) groups is 2. The number of halogens is 1. The van der Waals surface area contributed by atoms with Crippen LogP contribution in [-0.4, -0.2) is 11.9 Å². The Hall–Kier alpha value is -3.67. The van der Waals surface area contributed by atoms with Crippen LogP contribution in [0.3, 0.4) is 0 Å². The zero-order valence-corrected chi connectivity index (χ0v) is 14.6. The van der Waals surface area contributed by atoms with Crippen LogP contribution in [0.4, 0.5) is 4.39 Å². The largest absolute Gasteiger partial charge is 0.462 e. The molecular weight excluding hydrogens is 351 g/mol. The van der Waals surface area contributed by atoms with Gasteiger partial charge < -0.3 is 14.2 Å². The fraction of sp³-hybridized carbons (Fsp3) is 0.0476. The molecule has 138 valence electrons. The lowest BCUT2D eigenvalue weighted by atomic mass is 10.0. The first kappa shape index (κ1) is 19.7. The van der Waals surface area contributed by atoms with E-state index in [0.717, 1.165) is 18.4 Å². The first-order valence-electron chi connectivity index (χ1n) is 7.83. The van der Waals surface area contributed by atoms with Gasteiger partial charge in [0, 0.05) is 23.3 Å². The van der Waals surface area contributed by atoms with Crippen LogP contribution < -0.4 is 9.47 Å². The predicted octanol–water partition coefficient (Wildman–Crippen LogP) is 4.55. The summed E-state index contributed by atoms with van der Waals surface area (Å²) in [5.74, 6) is -1.18. The molecule has 0 saturated carbocycles. The van der Waals surface area contributed by atoms with Crippen LogP contribution in [0, 0.1) is 5.82 Å². The van der Waals surface area contributed by atoms with Gasteiger partial charge in [-0.1, -0.05) is 25.3 Å². The van der Waals surface area contributed by atoms with Crippen molar-refractivity contribution in [2.24, 2.45) is 0 Å². The molecule has 0 aliphatic heterocycles. The Morgan fingerprint density at radius 1 is 1.04 bits per heavy atom. The van der Waals surface area contributed by atoms with Gasteiger partial charge in [0.05, 0.1) is 0 Å². The molecule has 0 N–H and O–H groups in total. The van der Waals surface area contributed by atoms with Crippen LogP contribution in [0.1, 0.15) is 6.92 Å². The van der Waals surface area contributed by atoms with Crippen molar-refractivity contribution in [3.05, 3.63) is 85.6 Å². The van der Waals surface area contributed by atoms with Crippen LogP contribution >= 0.6 is 0 Å². The van der Waals surface area contributed by atoms with Gasteiger partial charge >= 0.3 is 11.9 Å². The Bertz CT molecular complexity index is 897.